The summed E-state index contributed by atoms with van der Waals surface area (Å²) >= 11 is 6.00. The van der Waals surface area contributed by atoms with Gasteiger partial charge in [0.1, 0.15) is 0 Å². The summed E-state index contributed by atoms with van der Waals surface area (Å²) in [5.41, 5.74) is -0.129. The van der Waals surface area contributed by atoms with Gasteiger partial charge in [-0.25, -0.2) is 4.79 Å². The van der Waals surface area contributed by atoms with Gasteiger partial charge in [0.15, 0.2) is 0 Å². The molecule has 0 atom stereocenters. The minimum atomic E-state index is -4.82. The number of pyridine rings is 1. The van der Waals surface area contributed by atoms with E-state index in [1.165, 1.54) is 36.4 Å². The molecule has 0 saturated carbocycles. The van der Waals surface area contributed by atoms with Crippen molar-refractivity contribution < 1.29 is 27.9 Å². The molecule has 0 unspecified atom stereocenters. The number of anilines is 1. The summed E-state index contributed by atoms with van der Waals surface area (Å²) in [6.45, 7) is 0. The molecule has 0 fully saturated rings. The zero-order valence-corrected chi connectivity index (χ0v) is 19.6. The van der Waals surface area contributed by atoms with E-state index in [9.17, 15) is 22.8 Å². The Bertz CT molecular complexity index is 1510. The number of carboxylic acids is 1. The van der Waals surface area contributed by atoms with Gasteiger partial charge < -0.3 is 10.4 Å². The fourth-order valence-corrected chi connectivity index (χ4v) is 3.95. The number of halogens is 4. The smallest absolute Gasteiger partial charge is 0.417 e. The highest BCUT2D eigenvalue weighted by Crippen LogP contribution is 2.36. The van der Waals surface area contributed by atoms with Crippen LogP contribution in [0.2, 0.25) is 5.02 Å². The molecule has 0 radical (unpaired) electrons. The van der Waals surface area contributed by atoms with Crippen LogP contribution >= 0.6 is 11.6 Å². The van der Waals surface area contributed by atoms with Crippen molar-refractivity contribution in [3.63, 3.8) is 0 Å². The first-order valence-electron chi connectivity index (χ1n) is 10.7. The van der Waals surface area contributed by atoms with E-state index in [0.29, 0.717) is 16.7 Å². The van der Waals surface area contributed by atoms with Crippen LogP contribution < -0.4 is 5.32 Å². The summed E-state index contributed by atoms with van der Waals surface area (Å²) in [6, 6.07) is 16.8. The van der Waals surface area contributed by atoms with E-state index in [2.05, 4.69) is 10.3 Å². The van der Waals surface area contributed by atoms with Crippen molar-refractivity contribution in [3.8, 4) is 11.1 Å². The van der Waals surface area contributed by atoms with Gasteiger partial charge in [-0.1, -0.05) is 48.0 Å². The lowest BCUT2D eigenvalue weighted by Crippen LogP contribution is -2.20. The second kappa shape index (κ2) is 10.2. The summed E-state index contributed by atoms with van der Waals surface area (Å²) in [7, 11) is 0. The molecule has 3 aromatic carbocycles. The molecule has 186 valence electrons. The number of hydrogen-bond acceptors (Lipinski definition) is 4. The molecular formula is C27H17ClF3N3O3. The van der Waals surface area contributed by atoms with Crippen LogP contribution in [0.4, 0.5) is 18.9 Å². The van der Waals surface area contributed by atoms with Gasteiger partial charge in [0.2, 0.25) is 0 Å². The number of carbonyl (C=O) groups excluding carboxylic acids is 1. The summed E-state index contributed by atoms with van der Waals surface area (Å²) in [5, 5.41) is 19.9. The molecule has 0 aliphatic rings. The van der Waals surface area contributed by atoms with Crippen LogP contribution in [0.3, 0.4) is 0 Å². The number of rotatable bonds is 6. The maximum atomic E-state index is 13.6. The van der Waals surface area contributed by atoms with Crippen LogP contribution in [0.15, 0.2) is 85.2 Å². The van der Waals surface area contributed by atoms with Crippen LogP contribution in [0, 0.1) is 5.41 Å². The second-order valence-corrected chi connectivity index (χ2v) is 8.28. The van der Waals surface area contributed by atoms with Crippen molar-refractivity contribution in [2.45, 2.75) is 6.18 Å². The third-order valence-electron chi connectivity index (χ3n) is 5.50. The summed E-state index contributed by atoms with van der Waals surface area (Å²) < 4.78 is 40.8. The van der Waals surface area contributed by atoms with Crippen molar-refractivity contribution in [2.75, 3.05) is 5.32 Å². The number of carbonyl (C=O) groups is 2. The number of aromatic carboxylic acids is 1. The maximum Gasteiger partial charge on any atom is 0.417 e. The van der Waals surface area contributed by atoms with E-state index in [4.69, 9.17) is 22.1 Å². The van der Waals surface area contributed by atoms with Gasteiger partial charge in [-0.15, -0.1) is 0 Å². The van der Waals surface area contributed by atoms with Crippen LogP contribution in [0.1, 0.15) is 37.4 Å². The molecule has 1 aromatic heterocycles. The zero-order valence-electron chi connectivity index (χ0n) is 18.8. The maximum absolute atomic E-state index is 13.6. The Morgan fingerprint density at radius 3 is 2.24 bits per heavy atom. The average Bonchev–Trinajstić information content (AvgIpc) is 2.88. The van der Waals surface area contributed by atoms with Crippen LogP contribution in [0.25, 0.3) is 11.1 Å². The molecule has 0 saturated heterocycles. The van der Waals surface area contributed by atoms with E-state index in [-0.39, 0.29) is 27.5 Å². The first-order chi connectivity index (χ1) is 17.6. The van der Waals surface area contributed by atoms with Crippen molar-refractivity contribution in [3.05, 3.63) is 118 Å². The normalized spacial score (nSPS) is 11.1. The van der Waals surface area contributed by atoms with Crippen molar-refractivity contribution in [1.82, 2.24) is 4.98 Å². The molecule has 37 heavy (non-hydrogen) atoms. The van der Waals surface area contributed by atoms with Gasteiger partial charge in [-0.3, -0.25) is 15.2 Å². The number of carboxylic acid groups (broad SMARTS) is 1. The number of nitrogens with one attached hydrogen (secondary N) is 2. The lowest BCUT2D eigenvalue weighted by molar-refractivity contribution is -0.137. The molecule has 0 bridgehead atoms. The molecule has 0 aliphatic heterocycles. The Morgan fingerprint density at radius 1 is 0.919 bits per heavy atom. The third kappa shape index (κ3) is 5.52. The van der Waals surface area contributed by atoms with Gasteiger partial charge in [0.05, 0.1) is 33.1 Å². The number of nitrogens with zero attached hydrogens (tertiary/aromatic N) is 1. The Labute approximate surface area is 213 Å². The number of amides is 1. The van der Waals surface area contributed by atoms with E-state index >= 15 is 0 Å². The Morgan fingerprint density at radius 2 is 1.62 bits per heavy atom. The van der Waals surface area contributed by atoms with E-state index in [1.54, 1.807) is 36.7 Å². The zero-order chi connectivity index (χ0) is 26.7. The Kier molecular flexibility index (Phi) is 7.08. The largest absolute Gasteiger partial charge is 0.478 e. The van der Waals surface area contributed by atoms with E-state index < -0.39 is 29.2 Å². The minimum absolute atomic E-state index is 0.0235. The Hall–Kier alpha value is -4.50. The molecular weight excluding hydrogens is 507 g/mol. The molecule has 0 aliphatic carbocycles. The van der Waals surface area contributed by atoms with Crippen molar-refractivity contribution in [1.29, 1.82) is 5.41 Å². The van der Waals surface area contributed by atoms with Crippen molar-refractivity contribution >= 4 is 34.9 Å². The number of hydrogen-bond donors (Lipinski definition) is 3. The standard InChI is InChI=1S/C27H17ClF3N3O3/c28-21-5-1-4-20(27(29,30)31)23(21)25(35)34-22-13-17(18-3-2-12-33-14-18)10-11-19(22)24(32)15-6-8-16(9-7-15)26(36)37/h1-14,32H,(H,34,35)(H,36,37). The van der Waals surface area contributed by atoms with Crippen LogP contribution in [0.5, 0.6) is 0 Å². The highest BCUT2D eigenvalue weighted by atomic mass is 35.5. The second-order valence-electron chi connectivity index (χ2n) is 7.87. The predicted molar refractivity (Wildman–Crippen MR) is 133 cm³/mol. The number of aromatic nitrogens is 1. The molecule has 1 heterocycles. The average molecular weight is 524 g/mol. The molecule has 0 spiro atoms. The van der Waals surface area contributed by atoms with Gasteiger partial charge >= 0.3 is 12.1 Å². The minimum Gasteiger partial charge on any atom is -0.478 e. The summed E-state index contributed by atoms with van der Waals surface area (Å²) in [6.07, 6.45) is -1.67. The van der Waals surface area contributed by atoms with Crippen LogP contribution in [-0.2, 0) is 6.18 Å². The fourth-order valence-electron chi connectivity index (χ4n) is 3.69. The number of benzene rings is 3. The van der Waals surface area contributed by atoms with Crippen LogP contribution in [-0.4, -0.2) is 27.7 Å². The number of alkyl halides is 3. The highest BCUT2D eigenvalue weighted by Gasteiger charge is 2.36. The van der Waals surface area contributed by atoms with E-state index in [0.717, 1.165) is 12.1 Å². The lowest BCUT2D eigenvalue weighted by Gasteiger charge is -2.17. The quantitative estimate of drug-likeness (QED) is 0.242. The molecule has 3 N–H and O–H groups in total. The fraction of sp³-hybridized carbons (Fsp3) is 0.0370. The highest BCUT2D eigenvalue weighted by molar-refractivity contribution is 6.34. The Balaban J connectivity index is 1.80. The molecule has 4 rings (SSSR count). The van der Waals surface area contributed by atoms with Gasteiger partial charge in [-0.2, -0.15) is 13.2 Å². The first-order valence-corrected chi connectivity index (χ1v) is 11.1. The summed E-state index contributed by atoms with van der Waals surface area (Å²) in [5.74, 6) is -2.23. The van der Waals surface area contributed by atoms with Gasteiger partial charge in [0, 0.05) is 29.1 Å². The predicted octanol–water partition coefficient (Wildman–Crippen LogP) is 6.79. The topological polar surface area (TPSA) is 103 Å². The molecule has 10 heteroatoms. The third-order valence-corrected chi connectivity index (χ3v) is 5.81. The molecule has 4 aromatic rings. The summed E-state index contributed by atoms with van der Waals surface area (Å²) in [4.78, 5) is 28.4. The molecule has 1 amide bonds. The van der Waals surface area contributed by atoms with E-state index in [1.807, 2.05) is 0 Å². The van der Waals surface area contributed by atoms with Crippen molar-refractivity contribution in [2.24, 2.45) is 0 Å². The SMILES string of the molecule is N=C(c1ccc(C(=O)O)cc1)c1ccc(-c2cccnc2)cc1NC(=O)c1c(Cl)cccc1C(F)(F)F. The monoisotopic (exact) mass is 523 g/mol. The van der Waals surface area contributed by atoms with Gasteiger partial charge in [-0.05, 0) is 42.0 Å². The first kappa shape index (κ1) is 25.6. The lowest BCUT2D eigenvalue weighted by atomic mass is 9.96. The molecule has 6 nitrogen and oxygen atoms in total. The van der Waals surface area contributed by atoms with Gasteiger partial charge in [0.25, 0.3) is 5.91 Å².